The summed E-state index contributed by atoms with van der Waals surface area (Å²) in [6, 6.07) is 13.9. The second-order valence-electron chi connectivity index (χ2n) is 7.21. The molecule has 5 nitrogen and oxygen atoms in total. The molecule has 3 rings (SSSR count). The van der Waals surface area contributed by atoms with Crippen LogP contribution in [0.15, 0.2) is 58.3 Å². The van der Waals surface area contributed by atoms with E-state index >= 15 is 0 Å². The van der Waals surface area contributed by atoms with Crippen LogP contribution >= 0.6 is 11.8 Å². The number of rotatable bonds is 7. The molecule has 0 radical (unpaired) electrons. The van der Waals surface area contributed by atoms with E-state index in [4.69, 9.17) is 0 Å². The number of amides is 1. The zero-order chi connectivity index (χ0) is 20.9. The van der Waals surface area contributed by atoms with Crippen LogP contribution in [0.2, 0.25) is 0 Å². The van der Waals surface area contributed by atoms with Crippen molar-refractivity contribution in [1.82, 2.24) is 4.31 Å². The highest BCUT2D eigenvalue weighted by molar-refractivity contribution is 7.98. The summed E-state index contributed by atoms with van der Waals surface area (Å²) in [6.07, 6.45) is 7.17. The lowest BCUT2D eigenvalue weighted by atomic mass is 9.95. The molecule has 1 aliphatic rings. The van der Waals surface area contributed by atoms with Gasteiger partial charge in [-0.2, -0.15) is 4.31 Å². The summed E-state index contributed by atoms with van der Waals surface area (Å²) in [5.74, 6) is -0.259. The molecule has 0 aliphatic heterocycles. The normalized spacial score (nSPS) is 15.4. The number of hydrogen-bond donors (Lipinski definition) is 1. The van der Waals surface area contributed by atoms with Gasteiger partial charge in [-0.25, -0.2) is 8.42 Å². The Morgan fingerprint density at radius 3 is 2.21 bits per heavy atom. The van der Waals surface area contributed by atoms with E-state index in [9.17, 15) is 13.2 Å². The van der Waals surface area contributed by atoms with Gasteiger partial charge >= 0.3 is 0 Å². The van der Waals surface area contributed by atoms with E-state index in [2.05, 4.69) is 5.32 Å². The van der Waals surface area contributed by atoms with Crippen LogP contribution in [-0.4, -0.2) is 37.5 Å². The average Bonchev–Trinajstić information content (AvgIpc) is 2.75. The Balaban J connectivity index is 1.72. The van der Waals surface area contributed by atoms with Gasteiger partial charge in [0.2, 0.25) is 10.0 Å². The zero-order valence-electron chi connectivity index (χ0n) is 16.9. The Morgan fingerprint density at radius 1 is 1.03 bits per heavy atom. The largest absolute Gasteiger partial charge is 0.322 e. The first-order valence-electron chi connectivity index (χ1n) is 10.0. The Morgan fingerprint density at radius 2 is 1.66 bits per heavy atom. The summed E-state index contributed by atoms with van der Waals surface area (Å²) in [5, 5.41) is 2.85. The molecule has 1 aliphatic carbocycles. The van der Waals surface area contributed by atoms with E-state index in [-0.39, 0.29) is 16.8 Å². The highest BCUT2D eigenvalue weighted by atomic mass is 32.2. The predicted molar refractivity (Wildman–Crippen MR) is 119 cm³/mol. The molecule has 156 valence electrons. The van der Waals surface area contributed by atoms with Gasteiger partial charge in [-0.05, 0) is 67.6 Å². The third-order valence-electron chi connectivity index (χ3n) is 5.36. The summed E-state index contributed by atoms with van der Waals surface area (Å²) in [4.78, 5) is 13.9. The lowest BCUT2D eigenvalue weighted by Gasteiger charge is -2.32. The number of benzene rings is 2. The van der Waals surface area contributed by atoms with Crippen molar-refractivity contribution in [1.29, 1.82) is 0 Å². The molecule has 7 heteroatoms. The highest BCUT2D eigenvalue weighted by Gasteiger charge is 2.31. The molecule has 0 heterocycles. The van der Waals surface area contributed by atoms with Crippen LogP contribution in [0.5, 0.6) is 0 Å². The highest BCUT2D eigenvalue weighted by Crippen LogP contribution is 2.28. The average molecular weight is 433 g/mol. The summed E-state index contributed by atoms with van der Waals surface area (Å²) in [7, 11) is -3.56. The van der Waals surface area contributed by atoms with Crippen LogP contribution in [0.25, 0.3) is 0 Å². The van der Waals surface area contributed by atoms with Crippen molar-refractivity contribution in [2.24, 2.45) is 0 Å². The van der Waals surface area contributed by atoms with E-state index in [0.717, 1.165) is 30.6 Å². The molecule has 1 fully saturated rings. The van der Waals surface area contributed by atoms with Crippen molar-refractivity contribution in [2.75, 3.05) is 18.1 Å². The maximum absolute atomic E-state index is 13.1. The van der Waals surface area contributed by atoms with Crippen LogP contribution in [0.3, 0.4) is 0 Å². The van der Waals surface area contributed by atoms with Crippen LogP contribution in [0.1, 0.15) is 49.4 Å². The predicted octanol–water partition coefficient (Wildman–Crippen LogP) is 5.00. The number of nitrogens with zero attached hydrogens (tertiary/aromatic N) is 1. The number of anilines is 1. The molecular weight excluding hydrogens is 404 g/mol. The number of thioether (sulfide) groups is 1. The molecule has 0 aromatic heterocycles. The molecule has 1 saturated carbocycles. The SMILES string of the molecule is CCN(C1CCCCC1)S(=O)(=O)c1ccc(C(=O)Nc2ccc(SC)cc2)cc1. The molecular formula is C22H28N2O3S2. The fraction of sp³-hybridized carbons (Fsp3) is 0.409. The van der Waals surface area contributed by atoms with Crippen molar-refractivity contribution in [2.45, 2.75) is 54.9 Å². The fourth-order valence-corrected chi connectivity index (χ4v) is 5.89. The molecule has 2 aromatic rings. The Labute approximate surface area is 177 Å². The van der Waals surface area contributed by atoms with E-state index < -0.39 is 10.0 Å². The van der Waals surface area contributed by atoms with Gasteiger partial charge in [-0.15, -0.1) is 11.8 Å². The maximum atomic E-state index is 13.1. The first kappa shape index (κ1) is 21.9. The fourth-order valence-electron chi connectivity index (χ4n) is 3.78. The van der Waals surface area contributed by atoms with Gasteiger partial charge in [0.15, 0.2) is 0 Å². The molecule has 2 aromatic carbocycles. The van der Waals surface area contributed by atoms with Crippen LogP contribution in [0.4, 0.5) is 5.69 Å². The van der Waals surface area contributed by atoms with Crippen molar-refractivity contribution in [3.05, 3.63) is 54.1 Å². The summed E-state index contributed by atoms with van der Waals surface area (Å²) in [6.45, 7) is 2.34. The first-order chi connectivity index (χ1) is 14.0. The molecule has 0 unspecified atom stereocenters. The Hall–Kier alpha value is -1.83. The van der Waals surface area contributed by atoms with Gasteiger partial charge in [-0.1, -0.05) is 26.2 Å². The van der Waals surface area contributed by atoms with Gasteiger partial charge in [-0.3, -0.25) is 4.79 Å². The number of carbonyl (C=O) groups excluding carboxylic acids is 1. The van der Waals surface area contributed by atoms with Gasteiger partial charge in [0.05, 0.1) is 4.90 Å². The third kappa shape index (κ3) is 5.21. The molecule has 29 heavy (non-hydrogen) atoms. The number of carbonyl (C=O) groups is 1. The molecule has 0 saturated heterocycles. The van der Waals surface area contributed by atoms with Gasteiger partial charge in [0.1, 0.15) is 0 Å². The van der Waals surface area contributed by atoms with Crippen LogP contribution in [0, 0.1) is 0 Å². The van der Waals surface area contributed by atoms with Crippen LogP contribution < -0.4 is 5.32 Å². The summed E-state index contributed by atoms with van der Waals surface area (Å²) in [5.41, 5.74) is 1.14. The lowest BCUT2D eigenvalue weighted by molar-refractivity contribution is 0.102. The first-order valence-corrected chi connectivity index (χ1v) is 12.7. The smallest absolute Gasteiger partial charge is 0.255 e. The zero-order valence-corrected chi connectivity index (χ0v) is 18.6. The van der Waals surface area contributed by atoms with Gasteiger partial charge in [0.25, 0.3) is 5.91 Å². The van der Waals surface area contributed by atoms with Crippen molar-refractivity contribution >= 4 is 33.4 Å². The number of nitrogens with one attached hydrogen (secondary N) is 1. The molecule has 1 N–H and O–H groups in total. The van der Waals surface area contributed by atoms with Crippen LogP contribution in [-0.2, 0) is 10.0 Å². The minimum absolute atomic E-state index is 0.0750. The Kier molecular flexibility index (Phi) is 7.38. The van der Waals surface area contributed by atoms with E-state index in [1.54, 1.807) is 28.2 Å². The molecule has 0 spiro atoms. The molecule has 0 bridgehead atoms. The van der Waals surface area contributed by atoms with Gasteiger partial charge in [0, 0.05) is 28.7 Å². The van der Waals surface area contributed by atoms with Crippen molar-refractivity contribution in [3.63, 3.8) is 0 Å². The topological polar surface area (TPSA) is 66.5 Å². The third-order valence-corrected chi connectivity index (χ3v) is 8.15. The molecule has 1 amide bonds. The Bertz CT molecular complexity index is 920. The summed E-state index contributed by atoms with van der Waals surface area (Å²) >= 11 is 1.64. The van der Waals surface area contributed by atoms with Gasteiger partial charge < -0.3 is 5.32 Å². The second-order valence-corrected chi connectivity index (χ2v) is 9.98. The summed E-state index contributed by atoms with van der Waals surface area (Å²) < 4.78 is 27.9. The number of hydrogen-bond acceptors (Lipinski definition) is 4. The second kappa shape index (κ2) is 9.78. The van der Waals surface area contributed by atoms with E-state index in [1.165, 1.54) is 18.6 Å². The maximum Gasteiger partial charge on any atom is 0.255 e. The number of sulfonamides is 1. The molecule has 0 atom stereocenters. The van der Waals surface area contributed by atoms with E-state index in [0.29, 0.717) is 17.8 Å². The standard InChI is InChI=1S/C22H28N2O3S2/c1-3-24(19-7-5-4-6-8-19)29(26,27)21-15-9-17(10-16-21)22(25)23-18-11-13-20(28-2)14-12-18/h9-16,19H,3-8H2,1-2H3,(H,23,25). The minimum atomic E-state index is -3.56. The quantitative estimate of drug-likeness (QED) is 0.625. The van der Waals surface area contributed by atoms with E-state index in [1.807, 2.05) is 37.4 Å². The van der Waals surface area contributed by atoms with Crippen molar-refractivity contribution < 1.29 is 13.2 Å². The lowest BCUT2D eigenvalue weighted by Crippen LogP contribution is -2.41. The van der Waals surface area contributed by atoms with Crippen molar-refractivity contribution in [3.8, 4) is 0 Å². The monoisotopic (exact) mass is 432 g/mol. The minimum Gasteiger partial charge on any atom is -0.322 e.